The van der Waals surface area contributed by atoms with E-state index in [4.69, 9.17) is 0 Å². The maximum Gasteiger partial charge on any atom is 0.303 e. The SMILES string of the molecule is CCc1nnc(NS(=O)(=O)N(C)CCCNC)nc1CC. The Hall–Kier alpha value is -1.32. The largest absolute Gasteiger partial charge is 0.320 e. The second-order valence-corrected chi connectivity index (χ2v) is 6.40. The van der Waals surface area contributed by atoms with Crippen molar-refractivity contribution in [3.63, 3.8) is 0 Å². The second-order valence-electron chi connectivity index (χ2n) is 4.62. The number of nitrogens with one attached hydrogen (secondary N) is 2. The van der Waals surface area contributed by atoms with Gasteiger partial charge in [0.25, 0.3) is 5.95 Å². The fourth-order valence-corrected chi connectivity index (χ4v) is 2.62. The molecular formula is C12H24N6O2S. The van der Waals surface area contributed by atoms with Crippen molar-refractivity contribution < 1.29 is 8.42 Å². The van der Waals surface area contributed by atoms with Crippen LogP contribution in [0.3, 0.4) is 0 Å². The van der Waals surface area contributed by atoms with Crippen LogP contribution in [0.4, 0.5) is 5.95 Å². The summed E-state index contributed by atoms with van der Waals surface area (Å²) in [6.45, 7) is 5.08. The molecule has 0 aliphatic carbocycles. The van der Waals surface area contributed by atoms with Gasteiger partial charge in [-0.25, -0.2) is 9.71 Å². The summed E-state index contributed by atoms with van der Waals surface area (Å²) in [4.78, 5) is 4.22. The van der Waals surface area contributed by atoms with E-state index in [1.54, 1.807) is 0 Å². The molecule has 0 radical (unpaired) electrons. The number of rotatable bonds is 9. The molecule has 0 fully saturated rings. The lowest BCUT2D eigenvalue weighted by molar-refractivity contribution is 0.462. The molecule has 2 N–H and O–H groups in total. The summed E-state index contributed by atoms with van der Waals surface area (Å²) in [5.74, 6) is 0.0181. The molecule has 0 saturated heterocycles. The van der Waals surface area contributed by atoms with Crippen LogP contribution >= 0.6 is 0 Å². The molecule has 0 saturated carbocycles. The molecule has 0 aromatic carbocycles. The first-order valence-corrected chi connectivity index (χ1v) is 8.49. The Morgan fingerprint density at radius 3 is 2.38 bits per heavy atom. The van der Waals surface area contributed by atoms with Crippen LogP contribution in [0, 0.1) is 0 Å². The first-order valence-electron chi connectivity index (χ1n) is 7.05. The summed E-state index contributed by atoms with van der Waals surface area (Å²) in [7, 11) is -0.300. The zero-order valence-electron chi connectivity index (χ0n) is 13.0. The van der Waals surface area contributed by atoms with Gasteiger partial charge < -0.3 is 5.32 Å². The van der Waals surface area contributed by atoms with E-state index in [9.17, 15) is 8.42 Å². The van der Waals surface area contributed by atoms with Crippen LogP contribution in [0.1, 0.15) is 31.7 Å². The van der Waals surface area contributed by atoms with Crippen molar-refractivity contribution >= 4 is 16.2 Å². The predicted octanol–water partition coefficient (Wildman–Crippen LogP) is 0.194. The monoisotopic (exact) mass is 316 g/mol. The van der Waals surface area contributed by atoms with E-state index in [-0.39, 0.29) is 5.95 Å². The molecule has 0 spiro atoms. The van der Waals surface area contributed by atoms with Gasteiger partial charge in [-0.2, -0.15) is 12.7 Å². The van der Waals surface area contributed by atoms with Crippen LogP contribution in [-0.4, -0.2) is 55.1 Å². The Balaban J connectivity index is 2.79. The molecule has 0 unspecified atom stereocenters. The smallest absolute Gasteiger partial charge is 0.303 e. The number of aryl methyl sites for hydroxylation is 2. The van der Waals surface area contributed by atoms with Gasteiger partial charge in [0.15, 0.2) is 0 Å². The molecule has 0 atom stereocenters. The zero-order chi connectivity index (χ0) is 15.9. The molecule has 8 nitrogen and oxygen atoms in total. The van der Waals surface area contributed by atoms with Gasteiger partial charge in [-0.15, -0.1) is 10.2 Å². The Morgan fingerprint density at radius 1 is 1.14 bits per heavy atom. The van der Waals surface area contributed by atoms with Crippen molar-refractivity contribution in [2.75, 3.05) is 31.9 Å². The molecule has 1 rings (SSSR count). The van der Waals surface area contributed by atoms with E-state index < -0.39 is 10.2 Å². The van der Waals surface area contributed by atoms with Crippen molar-refractivity contribution in [3.8, 4) is 0 Å². The van der Waals surface area contributed by atoms with Crippen molar-refractivity contribution in [3.05, 3.63) is 11.4 Å². The van der Waals surface area contributed by atoms with E-state index >= 15 is 0 Å². The van der Waals surface area contributed by atoms with E-state index in [0.29, 0.717) is 13.0 Å². The summed E-state index contributed by atoms with van der Waals surface area (Å²) in [5, 5.41) is 10.8. The van der Waals surface area contributed by atoms with Gasteiger partial charge in [0.2, 0.25) is 0 Å². The summed E-state index contributed by atoms with van der Waals surface area (Å²) >= 11 is 0. The van der Waals surface area contributed by atoms with Crippen molar-refractivity contribution in [1.29, 1.82) is 0 Å². The maximum absolute atomic E-state index is 12.1. The molecule has 1 aromatic heterocycles. The average Bonchev–Trinajstić information content (AvgIpc) is 2.46. The highest BCUT2D eigenvalue weighted by Crippen LogP contribution is 2.09. The summed E-state index contributed by atoms with van der Waals surface area (Å²) in [6, 6.07) is 0. The Kier molecular flexibility index (Phi) is 6.93. The van der Waals surface area contributed by atoms with Crippen LogP contribution < -0.4 is 10.0 Å². The predicted molar refractivity (Wildman–Crippen MR) is 82.3 cm³/mol. The highest BCUT2D eigenvalue weighted by molar-refractivity contribution is 7.90. The second kappa shape index (κ2) is 8.20. The third kappa shape index (κ3) is 5.18. The maximum atomic E-state index is 12.1. The van der Waals surface area contributed by atoms with Crippen molar-refractivity contribution in [2.24, 2.45) is 0 Å². The summed E-state index contributed by atoms with van der Waals surface area (Å²) < 4.78 is 27.9. The minimum absolute atomic E-state index is 0.0181. The number of anilines is 1. The minimum Gasteiger partial charge on any atom is -0.320 e. The number of hydrogen-bond acceptors (Lipinski definition) is 6. The zero-order valence-corrected chi connectivity index (χ0v) is 13.9. The molecule has 21 heavy (non-hydrogen) atoms. The number of hydrogen-bond donors (Lipinski definition) is 2. The topological polar surface area (TPSA) is 100 Å². The summed E-state index contributed by atoms with van der Waals surface area (Å²) in [5.41, 5.74) is 1.56. The van der Waals surface area contributed by atoms with Gasteiger partial charge in [0.05, 0.1) is 11.4 Å². The lowest BCUT2D eigenvalue weighted by Gasteiger charge is -2.17. The lowest BCUT2D eigenvalue weighted by atomic mass is 10.2. The van der Waals surface area contributed by atoms with Crippen LogP contribution in [0.25, 0.3) is 0 Å². The minimum atomic E-state index is -3.65. The lowest BCUT2D eigenvalue weighted by Crippen LogP contribution is -2.35. The van der Waals surface area contributed by atoms with E-state index in [0.717, 1.165) is 30.8 Å². The van der Waals surface area contributed by atoms with Gasteiger partial charge in [0.1, 0.15) is 0 Å². The number of aromatic nitrogens is 3. The first-order chi connectivity index (χ1) is 9.94. The molecule has 120 valence electrons. The van der Waals surface area contributed by atoms with Crippen LogP contribution in [0.15, 0.2) is 0 Å². The molecular weight excluding hydrogens is 292 g/mol. The van der Waals surface area contributed by atoms with Gasteiger partial charge in [0, 0.05) is 13.6 Å². The Morgan fingerprint density at radius 2 is 1.81 bits per heavy atom. The molecule has 0 aliphatic heterocycles. The van der Waals surface area contributed by atoms with Gasteiger partial charge in [-0.1, -0.05) is 13.8 Å². The Bertz CT molecular complexity index is 549. The molecule has 0 bridgehead atoms. The first kappa shape index (κ1) is 17.7. The molecule has 0 aliphatic rings. The van der Waals surface area contributed by atoms with Crippen LogP contribution in [0.2, 0.25) is 0 Å². The Labute approximate surface area is 126 Å². The molecule has 1 heterocycles. The van der Waals surface area contributed by atoms with E-state index in [1.807, 2.05) is 20.9 Å². The third-order valence-electron chi connectivity index (χ3n) is 3.04. The van der Waals surface area contributed by atoms with Gasteiger partial charge in [-0.05, 0) is 32.9 Å². The fourth-order valence-electron chi connectivity index (χ4n) is 1.77. The highest BCUT2D eigenvalue weighted by Gasteiger charge is 2.19. The number of nitrogens with zero attached hydrogens (tertiary/aromatic N) is 4. The van der Waals surface area contributed by atoms with Crippen LogP contribution in [-0.2, 0) is 23.1 Å². The van der Waals surface area contributed by atoms with Gasteiger partial charge >= 0.3 is 10.2 Å². The van der Waals surface area contributed by atoms with E-state index in [1.165, 1.54) is 11.4 Å². The molecule has 1 aromatic rings. The van der Waals surface area contributed by atoms with E-state index in [2.05, 4.69) is 25.2 Å². The third-order valence-corrected chi connectivity index (χ3v) is 4.48. The molecule has 0 amide bonds. The van der Waals surface area contributed by atoms with Crippen molar-refractivity contribution in [2.45, 2.75) is 33.1 Å². The molecule has 9 heteroatoms. The summed E-state index contributed by atoms with van der Waals surface area (Å²) in [6.07, 6.45) is 2.13. The standard InChI is InChI=1S/C12H24N6O2S/c1-5-10-11(6-2)15-16-12(14-10)17-21(19,20)18(4)9-7-8-13-3/h13H,5-9H2,1-4H3,(H,14,16,17). The average molecular weight is 316 g/mol. The van der Waals surface area contributed by atoms with Gasteiger partial charge in [-0.3, -0.25) is 0 Å². The van der Waals surface area contributed by atoms with Crippen molar-refractivity contribution in [1.82, 2.24) is 24.8 Å². The van der Waals surface area contributed by atoms with Crippen LogP contribution in [0.5, 0.6) is 0 Å². The highest BCUT2D eigenvalue weighted by atomic mass is 32.2. The fraction of sp³-hybridized carbons (Fsp3) is 0.750. The normalized spacial score (nSPS) is 11.9. The quantitative estimate of drug-likeness (QED) is 0.631.